The fourth-order valence-electron chi connectivity index (χ4n) is 2.73. The predicted molar refractivity (Wildman–Crippen MR) is 111 cm³/mol. The molecule has 4 rings (SSSR count). The summed E-state index contributed by atoms with van der Waals surface area (Å²) in [4.78, 5) is 32.3. The van der Waals surface area contributed by atoms with E-state index in [0.29, 0.717) is 22.5 Å². The van der Waals surface area contributed by atoms with Crippen LogP contribution in [-0.2, 0) is 0 Å². The first-order valence-corrected chi connectivity index (χ1v) is 9.13. The number of rotatable bonds is 5. The summed E-state index contributed by atoms with van der Waals surface area (Å²) < 4.78 is 5.77. The van der Waals surface area contributed by atoms with E-state index in [2.05, 4.69) is 30.8 Å². The number of amides is 2. The number of fused-ring (bicyclic) bond motifs is 1. The van der Waals surface area contributed by atoms with Crippen LogP contribution in [0.3, 0.4) is 0 Å². The molecule has 0 aliphatic carbocycles. The van der Waals surface area contributed by atoms with Gasteiger partial charge in [0, 0.05) is 25.4 Å². The Balaban J connectivity index is 1.53. The Kier molecular flexibility index (Phi) is 5.35. The van der Waals surface area contributed by atoms with E-state index in [0.717, 1.165) is 0 Å². The number of aromatic hydroxyl groups is 1. The smallest absolute Gasteiger partial charge is 0.269 e. The van der Waals surface area contributed by atoms with E-state index in [1.807, 2.05) is 0 Å². The quantitative estimate of drug-likeness (QED) is 0.451. The van der Waals surface area contributed by atoms with Crippen LogP contribution in [0.5, 0.6) is 17.2 Å². The number of nitrogens with zero attached hydrogens (tertiary/aromatic N) is 4. The molecule has 0 saturated heterocycles. The summed E-state index contributed by atoms with van der Waals surface area (Å²) >= 11 is 0. The second kappa shape index (κ2) is 8.41. The Hall–Kier alpha value is -4.60. The van der Waals surface area contributed by atoms with Crippen LogP contribution in [0.15, 0.2) is 60.8 Å². The lowest BCUT2D eigenvalue weighted by Gasteiger charge is -2.08. The maximum Gasteiger partial charge on any atom is 0.269 e. The SMILES string of the molecule is CNC(=O)c1cc(Oc2ccc3nc(NC(=O)c4ccccc4O)nnc3c2)ccn1. The number of phenolic OH excluding ortho intramolecular Hbond substituents is 1. The molecule has 2 aromatic heterocycles. The third-order valence-electron chi connectivity index (χ3n) is 4.23. The van der Waals surface area contributed by atoms with Gasteiger partial charge in [0.1, 0.15) is 28.5 Å². The number of pyridine rings is 1. The number of anilines is 1. The first-order valence-electron chi connectivity index (χ1n) is 9.13. The Morgan fingerprint density at radius 2 is 1.74 bits per heavy atom. The van der Waals surface area contributed by atoms with Crippen LogP contribution < -0.4 is 15.4 Å². The van der Waals surface area contributed by atoms with Gasteiger partial charge < -0.3 is 15.2 Å². The number of phenols is 1. The number of para-hydroxylation sites is 1. The summed E-state index contributed by atoms with van der Waals surface area (Å²) in [5.41, 5.74) is 1.25. The molecule has 3 N–H and O–H groups in total. The lowest BCUT2D eigenvalue weighted by atomic mass is 10.2. The van der Waals surface area contributed by atoms with Gasteiger partial charge in [-0.2, -0.15) is 0 Å². The summed E-state index contributed by atoms with van der Waals surface area (Å²) in [6.07, 6.45) is 1.47. The highest BCUT2D eigenvalue weighted by Gasteiger charge is 2.13. The van der Waals surface area contributed by atoms with Crippen molar-refractivity contribution in [2.75, 3.05) is 12.4 Å². The van der Waals surface area contributed by atoms with Gasteiger partial charge in [-0.25, -0.2) is 4.98 Å². The van der Waals surface area contributed by atoms with E-state index >= 15 is 0 Å². The van der Waals surface area contributed by atoms with Gasteiger partial charge in [-0.3, -0.25) is 19.9 Å². The standard InChI is InChI=1S/C21H16N6O4/c1-22-20(30)17-11-13(8-9-23-17)31-12-6-7-15-16(10-12)26-27-21(24-15)25-19(29)14-4-2-3-5-18(14)28/h2-11,28H,1H3,(H,22,30)(H,24,25,27,29). The number of nitrogens with one attached hydrogen (secondary N) is 2. The van der Waals surface area contributed by atoms with Crippen molar-refractivity contribution in [2.24, 2.45) is 0 Å². The average molecular weight is 416 g/mol. The van der Waals surface area contributed by atoms with Gasteiger partial charge in [0.05, 0.1) is 11.1 Å². The van der Waals surface area contributed by atoms with Gasteiger partial charge in [-0.1, -0.05) is 12.1 Å². The van der Waals surface area contributed by atoms with Crippen molar-refractivity contribution in [1.29, 1.82) is 0 Å². The first-order chi connectivity index (χ1) is 15.0. The summed E-state index contributed by atoms with van der Waals surface area (Å²) in [5.74, 6) is -0.129. The topological polar surface area (TPSA) is 139 Å². The molecule has 2 aromatic carbocycles. The third kappa shape index (κ3) is 4.37. The molecule has 0 unspecified atom stereocenters. The van der Waals surface area contributed by atoms with Crippen LogP contribution in [0.25, 0.3) is 11.0 Å². The van der Waals surface area contributed by atoms with Crippen molar-refractivity contribution in [3.8, 4) is 17.2 Å². The van der Waals surface area contributed by atoms with Crippen LogP contribution in [0.1, 0.15) is 20.8 Å². The summed E-state index contributed by atoms with van der Waals surface area (Å²) in [5, 5.41) is 22.8. The fourth-order valence-corrected chi connectivity index (χ4v) is 2.73. The Bertz CT molecular complexity index is 1290. The van der Waals surface area contributed by atoms with Crippen LogP contribution in [-0.4, -0.2) is 44.1 Å². The van der Waals surface area contributed by atoms with E-state index < -0.39 is 5.91 Å². The molecule has 2 heterocycles. The molecule has 154 valence electrons. The molecule has 10 heteroatoms. The minimum Gasteiger partial charge on any atom is -0.507 e. The molecule has 0 bridgehead atoms. The summed E-state index contributed by atoms with van der Waals surface area (Å²) in [7, 11) is 1.52. The van der Waals surface area contributed by atoms with Crippen molar-refractivity contribution >= 4 is 28.8 Å². The zero-order valence-electron chi connectivity index (χ0n) is 16.2. The van der Waals surface area contributed by atoms with Gasteiger partial charge in [0.2, 0.25) is 5.95 Å². The van der Waals surface area contributed by atoms with Gasteiger partial charge in [0.15, 0.2) is 0 Å². The van der Waals surface area contributed by atoms with Gasteiger partial charge in [-0.05, 0) is 30.3 Å². The molecule has 31 heavy (non-hydrogen) atoms. The predicted octanol–water partition coefficient (Wildman–Crippen LogP) is 2.53. The maximum atomic E-state index is 12.3. The molecule has 2 amide bonds. The molecule has 0 saturated carbocycles. The number of carbonyl (C=O) groups is 2. The minimum absolute atomic E-state index is 0.00113. The molecular weight excluding hydrogens is 400 g/mol. The monoisotopic (exact) mass is 416 g/mol. The second-order valence-electron chi connectivity index (χ2n) is 6.32. The highest BCUT2D eigenvalue weighted by Crippen LogP contribution is 2.25. The lowest BCUT2D eigenvalue weighted by molar-refractivity contribution is 0.0956. The first kappa shape index (κ1) is 19.7. The van der Waals surface area contributed by atoms with Crippen LogP contribution in [0, 0.1) is 0 Å². The number of benzene rings is 2. The summed E-state index contributed by atoms with van der Waals surface area (Å²) in [6.45, 7) is 0. The van der Waals surface area contributed by atoms with Crippen molar-refractivity contribution in [1.82, 2.24) is 25.5 Å². The number of hydrogen-bond acceptors (Lipinski definition) is 8. The third-order valence-corrected chi connectivity index (χ3v) is 4.23. The maximum absolute atomic E-state index is 12.3. The van der Waals surface area contributed by atoms with Crippen LogP contribution >= 0.6 is 0 Å². The minimum atomic E-state index is -0.552. The number of carbonyl (C=O) groups excluding carboxylic acids is 2. The number of aromatic nitrogens is 4. The van der Waals surface area contributed by atoms with Crippen LogP contribution in [0.2, 0.25) is 0 Å². The van der Waals surface area contributed by atoms with Crippen molar-refractivity contribution in [3.05, 3.63) is 72.1 Å². The average Bonchev–Trinajstić information content (AvgIpc) is 2.79. The molecule has 10 nitrogen and oxygen atoms in total. The normalized spacial score (nSPS) is 10.5. The van der Waals surface area contributed by atoms with E-state index in [9.17, 15) is 14.7 Å². The molecule has 0 fully saturated rings. The van der Waals surface area contributed by atoms with Crippen LogP contribution in [0.4, 0.5) is 5.95 Å². The molecular formula is C21H16N6O4. The van der Waals surface area contributed by atoms with Gasteiger partial charge >= 0.3 is 0 Å². The van der Waals surface area contributed by atoms with Crippen molar-refractivity contribution in [2.45, 2.75) is 0 Å². The lowest BCUT2D eigenvalue weighted by Crippen LogP contribution is -2.18. The van der Waals surface area contributed by atoms with Crippen molar-refractivity contribution in [3.63, 3.8) is 0 Å². The largest absolute Gasteiger partial charge is 0.507 e. The number of hydrogen-bond donors (Lipinski definition) is 3. The van der Waals surface area contributed by atoms with E-state index in [1.54, 1.807) is 36.4 Å². The molecule has 4 aromatic rings. The summed E-state index contributed by atoms with van der Waals surface area (Å²) in [6, 6.07) is 14.3. The van der Waals surface area contributed by atoms with E-state index in [1.165, 1.54) is 31.4 Å². The molecule has 0 atom stereocenters. The molecule has 0 radical (unpaired) electrons. The fraction of sp³-hybridized carbons (Fsp3) is 0.0476. The van der Waals surface area contributed by atoms with E-state index in [4.69, 9.17) is 4.74 Å². The number of ether oxygens (including phenoxy) is 1. The van der Waals surface area contributed by atoms with Crippen molar-refractivity contribution < 1.29 is 19.4 Å². The zero-order valence-corrected chi connectivity index (χ0v) is 16.2. The highest BCUT2D eigenvalue weighted by atomic mass is 16.5. The van der Waals surface area contributed by atoms with E-state index in [-0.39, 0.29) is 28.9 Å². The van der Waals surface area contributed by atoms with Gasteiger partial charge in [-0.15, -0.1) is 10.2 Å². The molecule has 0 aliphatic heterocycles. The highest BCUT2D eigenvalue weighted by molar-refractivity contribution is 6.05. The zero-order chi connectivity index (χ0) is 21.8. The molecule has 0 aliphatic rings. The molecule has 0 spiro atoms. The van der Waals surface area contributed by atoms with Gasteiger partial charge in [0.25, 0.3) is 11.8 Å². The second-order valence-corrected chi connectivity index (χ2v) is 6.32. The Morgan fingerprint density at radius 1 is 0.935 bits per heavy atom. The Labute approximate surface area is 175 Å². The Morgan fingerprint density at radius 3 is 2.55 bits per heavy atom.